The van der Waals surface area contributed by atoms with Crippen molar-refractivity contribution in [3.63, 3.8) is 0 Å². The summed E-state index contributed by atoms with van der Waals surface area (Å²) < 4.78 is 19.5. The van der Waals surface area contributed by atoms with Gasteiger partial charge in [0.05, 0.1) is 5.02 Å². The van der Waals surface area contributed by atoms with E-state index in [1.165, 1.54) is 24.1 Å². The van der Waals surface area contributed by atoms with Crippen LogP contribution in [0.4, 0.5) is 4.39 Å². The van der Waals surface area contributed by atoms with Crippen molar-refractivity contribution in [2.24, 2.45) is 0 Å². The largest absolute Gasteiger partial charge is 0.482 e. The Hall–Kier alpha value is -2.12. The second-order valence-corrected chi connectivity index (χ2v) is 7.37. The zero-order valence-corrected chi connectivity index (χ0v) is 17.9. The van der Waals surface area contributed by atoms with Crippen LogP contribution in [0.2, 0.25) is 5.02 Å². The number of hydrogen-bond donors (Lipinski definition) is 1. The number of hydrogen-bond acceptors (Lipinski definition) is 3. The number of halogens is 3. The van der Waals surface area contributed by atoms with Crippen LogP contribution in [0.3, 0.4) is 0 Å². The molecule has 0 bridgehead atoms. The Bertz CT molecular complexity index is 833. The van der Waals surface area contributed by atoms with Gasteiger partial charge in [-0.15, -0.1) is 0 Å². The third-order valence-electron chi connectivity index (χ3n) is 4.14. The maximum absolute atomic E-state index is 13.2. The van der Waals surface area contributed by atoms with Crippen molar-refractivity contribution in [3.8, 4) is 5.75 Å². The van der Waals surface area contributed by atoms with Crippen LogP contribution in [-0.2, 0) is 16.1 Å². The topological polar surface area (TPSA) is 58.6 Å². The van der Waals surface area contributed by atoms with Crippen molar-refractivity contribution >= 4 is 39.3 Å². The molecule has 0 fully saturated rings. The molecule has 0 radical (unpaired) electrons. The predicted molar refractivity (Wildman–Crippen MR) is 110 cm³/mol. The van der Waals surface area contributed by atoms with E-state index < -0.39 is 6.04 Å². The summed E-state index contributed by atoms with van der Waals surface area (Å²) in [5, 5.41) is 2.94. The van der Waals surface area contributed by atoms with Crippen molar-refractivity contribution in [3.05, 3.63) is 63.3 Å². The first-order valence-electron chi connectivity index (χ1n) is 8.69. The van der Waals surface area contributed by atoms with E-state index in [2.05, 4.69) is 21.2 Å². The lowest BCUT2D eigenvalue weighted by Gasteiger charge is -2.30. The summed E-state index contributed by atoms with van der Waals surface area (Å²) in [5.74, 6) is -0.653. The highest BCUT2D eigenvalue weighted by molar-refractivity contribution is 9.10. The fourth-order valence-electron chi connectivity index (χ4n) is 2.69. The molecule has 0 aliphatic heterocycles. The van der Waals surface area contributed by atoms with Gasteiger partial charge >= 0.3 is 0 Å². The highest BCUT2D eigenvalue weighted by Crippen LogP contribution is 2.27. The van der Waals surface area contributed by atoms with E-state index in [0.717, 1.165) is 4.47 Å². The van der Waals surface area contributed by atoms with Gasteiger partial charge in [-0.05, 0) is 42.3 Å². The summed E-state index contributed by atoms with van der Waals surface area (Å²) in [7, 11) is 1.52. The third kappa shape index (κ3) is 5.94. The van der Waals surface area contributed by atoms with Gasteiger partial charge in [0.1, 0.15) is 17.6 Å². The minimum Gasteiger partial charge on any atom is -0.482 e. The van der Waals surface area contributed by atoms with Crippen molar-refractivity contribution in [2.45, 2.75) is 25.9 Å². The minimum atomic E-state index is -0.674. The summed E-state index contributed by atoms with van der Waals surface area (Å²) in [6, 6.07) is 10.2. The van der Waals surface area contributed by atoms with Crippen LogP contribution < -0.4 is 10.1 Å². The molecule has 2 amide bonds. The summed E-state index contributed by atoms with van der Waals surface area (Å²) >= 11 is 9.43. The van der Waals surface area contributed by atoms with Gasteiger partial charge in [0.2, 0.25) is 5.91 Å². The number of nitrogens with one attached hydrogen (secondary N) is 1. The molecule has 5 nitrogen and oxygen atoms in total. The smallest absolute Gasteiger partial charge is 0.261 e. The molecule has 2 aromatic rings. The maximum Gasteiger partial charge on any atom is 0.261 e. The Morgan fingerprint density at radius 1 is 1.25 bits per heavy atom. The van der Waals surface area contributed by atoms with Crippen molar-refractivity contribution in [1.29, 1.82) is 0 Å². The van der Waals surface area contributed by atoms with Crippen molar-refractivity contribution in [2.75, 3.05) is 13.7 Å². The summed E-state index contributed by atoms with van der Waals surface area (Å²) in [6.07, 6.45) is 0.422. The Balaban J connectivity index is 2.19. The SMILES string of the molecule is CC[C@@H](C(=O)NC)N(Cc1ccc(F)cc1)C(=O)COc1ccc(Br)cc1Cl. The molecule has 2 aromatic carbocycles. The van der Waals surface area contributed by atoms with Crippen LogP contribution in [0.25, 0.3) is 0 Å². The molecular formula is C20H21BrClFN2O3. The molecule has 0 spiro atoms. The number of amides is 2. The zero-order chi connectivity index (χ0) is 20.7. The number of benzene rings is 2. The van der Waals surface area contributed by atoms with Gasteiger partial charge in [0.15, 0.2) is 6.61 Å². The van der Waals surface area contributed by atoms with E-state index in [1.807, 2.05) is 6.92 Å². The summed E-state index contributed by atoms with van der Waals surface area (Å²) in [4.78, 5) is 26.6. The maximum atomic E-state index is 13.2. The lowest BCUT2D eigenvalue weighted by atomic mass is 10.1. The lowest BCUT2D eigenvalue weighted by molar-refractivity contribution is -0.142. The normalized spacial score (nSPS) is 11.6. The average Bonchev–Trinajstić information content (AvgIpc) is 2.68. The first-order valence-corrected chi connectivity index (χ1v) is 9.86. The van der Waals surface area contributed by atoms with Crippen LogP contribution in [-0.4, -0.2) is 36.4 Å². The molecule has 150 valence electrons. The summed E-state index contributed by atoms with van der Waals surface area (Å²) in [5.41, 5.74) is 0.707. The molecule has 0 aliphatic rings. The van der Waals surface area contributed by atoms with E-state index in [-0.39, 0.29) is 30.8 Å². The van der Waals surface area contributed by atoms with Gasteiger partial charge in [-0.2, -0.15) is 0 Å². The van der Waals surface area contributed by atoms with Crippen LogP contribution in [0, 0.1) is 5.82 Å². The van der Waals surface area contributed by atoms with Gasteiger partial charge < -0.3 is 15.0 Å². The monoisotopic (exact) mass is 470 g/mol. The standard InChI is InChI=1S/C20H21BrClFN2O3/c1-3-17(20(27)24-2)25(11-13-4-7-15(23)8-5-13)19(26)12-28-18-9-6-14(21)10-16(18)22/h4-10,17H,3,11-12H2,1-2H3,(H,24,27)/t17-/m0/s1. The van der Waals surface area contributed by atoms with E-state index >= 15 is 0 Å². The Labute approximate surface area is 176 Å². The highest BCUT2D eigenvalue weighted by Gasteiger charge is 2.28. The fraction of sp³-hybridized carbons (Fsp3) is 0.300. The molecule has 0 unspecified atom stereocenters. The molecule has 2 rings (SSSR count). The number of carbonyl (C=O) groups is 2. The molecule has 0 saturated carbocycles. The fourth-order valence-corrected chi connectivity index (χ4v) is 3.42. The van der Waals surface area contributed by atoms with Crippen LogP contribution >= 0.6 is 27.5 Å². The third-order valence-corrected chi connectivity index (χ3v) is 4.93. The Morgan fingerprint density at radius 2 is 1.93 bits per heavy atom. The number of nitrogens with zero attached hydrogens (tertiary/aromatic N) is 1. The first kappa shape index (κ1) is 22.2. The molecule has 1 atom stereocenters. The van der Waals surface area contributed by atoms with Gasteiger partial charge in [0.25, 0.3) is 5.91 Å². The zero-order valence-electron chi connectivity index (χ0n) is 15.5. The molecule has 0 aliphatic carbocycles. The predicted octanol–water partition coefficient (Wildman–Crippen LogP) is 4.17. The number of carbonyl (C=O) groups excluding carboxylic acids is 2. The highest BCUT2D eigenvalue weighted by atomic mass is 79.9. The molecule has 0 aromatic heterocycles. The Kier molecular flexibility index (Phi) is 8.26. The molecule has 8 heteroatoms. The van der Waals surface area contributed by atoms with Gasteiger partial charge in [-0.25, -0.2) is 4.39 Å². The van der Waals surface area contributed by atoms with Gasteiger partial charge in [0, 0.05) is 18.1 Å². The molecule has 1 N–H and O–H groups in total. The molecule has 0 saturated heterocycles. The average molecular weight is 472 g/mol. The number of ether oxygens (including phenoxy) is 1. The van der Waals surface area contributed by atoms with Crippen molar-refractivity contribution < 1.29 is 18.7 Å². The first-order chi connectivity index (χ1) is 13.3. The van der Waals surface area contributed by atoms with E-state index in [0.29, 0.717) is 22.8 Å². The van der Waals surface area contributed by atoms with Gasteiger partial charge in [-0.1, -0.05) is 46.6 Å². The van der Waals surface area contributed by atoms with E-state index in [9.17, 15) is 14.0 Å². The number of rotatable bonds is 8. The second kappa shape index (κ2) is 10.4. The van der Waals surface area contributed by atoms with Crippen molar-refractivity contribution in [1.82, 2.24) is 10.2 Å². The van der Waals surface area contributed by atoms with Crippen LogP contribution in [0.1, 0.15) is 18.9 Å². The molecular weight excluding hydrogens is 451 g/mol. The Morgan fingerprint density at radius 3 is 2.50 bits per heavy atom. The minimum absolute atomic E-state index is 0.155. The quantitative estimate of drug-likeness (QED) is 0.628. The number of likely N-dealkylation sites (N-methyl/N-ethyl adjacent to an activating group) is 1. The van der Waals surface area contributed by atoms with E-state index in [1.54, 1.807) is 30.3 Å². The second-order valence-electron chi connectivity index (χ2n) is 6.05. The molecule has 28 heavy (non-hydrogen) atoms. The molecule has 0 heterocycles. The summed E-state index contributed by atoms with van der Waals surface area (Å²) in [6.45, 7) is 1.69. The van der Waals surface area contributed by atoms with Crippen LogP contribution in [0.15, 0.2) is 46.9 Å². The lowest BCUT2D eigenvalue weighted by Crippen LogP contribution is -2.49. The van der Waals surface area contributed by atoms with Crippen LogP contribution in [0.5, 0.6) is 5.75 Å². The van der Waals surface area contributed by atoms with Gasteiger partial charge in [-0.3, -0.25) is 9.59 Å². The van der Waals surface area contributed by atoms with E-state index in [4.69, 9.17) is 16.3 Å².